The lowest BCUT2D eigenvalue weighted by Crippen LogP contribution is -2.47. The van der Waals surface area contributed by atoms with Crippen molar-refractivity contribution in [2.75, 3.05) is 34.0 Å². The predicted molar refractivity (Wildman–Crippen MR) is 164 cm³/mol. The van der Waals surface area contributed by atoms with Crippen LogP contribution in [0.2, 0.25) is 0 Å². The molecule has 0 bridgehead atoms. The van der Waals surface area contributed by atoms with Crippen LogP contribution in [0.3, 0.4) is 0 Å². The van der Waals surface area contributed by atoms with E-state index in [0.717, 1.165) is 18.4 Å². The van der Waals surface area contributed by atoms with E-state index >= 15 is 0 Å². The zero-order valence-corrected chi connectivity index (χ0v) is 27.2. The third kappa shape index (κ3) is 12.6. The highest BCUT2D eigenvalue weighted by Gasteiger charge is 2.34. The third-order valence-corrected chi connectivity index (χ3v) is 7.79. The van der Waals surface area contributed by atoms with Gasteiger partial charge in [0.25, 0.3) is 0 Å². The Balaban J connectivity index is 3.08. The van der Waals surface area contributed by atoms with Crippen LogP contribution in [0, 0.1) is 29.1 Å². The lowest BCUT2D eigenvalue weighted by Gasteiger charge is -2.32. The van der Waals surface area contributed by atoms with E-state index < -0.39 is 35.4 Å². The highest BCUT2D eigenvalue weighted by atomic mass is 16.5. The second-order valence-electron chi connectivity index (χ2n) is 12.5. The summed E-state index contributed by atoms with van der Waals surface area (Å²) in [5.41, 5.74) is 12.4. The van der Waals surface area contributed by atoms with Gasteiger partial charge in [-0.3, -0.25) is 14.4 Å². The first kappa shape index (κ1) is 37.2. The van der Waals surface area contributed by atoms with Gasteiger partial charge in [0.15, 0.2) is 11.5 Å². The van der Waals surface area contributed by atoms with E-state index in [0.29, 0.717) is 37.1 Å². The van der Waals surface area contributed by atoms with Crippen LogP contribution in [0.1, 0.15) is 73.3 Å². The zero-order chi connectivity index (χ0) is 32.0. The van der Waals surface area contributed by atoms with Crippen molar-refractivity contribution in [3.05, 3.63) is 23.8 Å². The van der Waals surface area contributed by atoms with E-state index in [2.05, 4.69) is 19.2 Å². The molecule has 0 fully saturated rings. The molecule has 0 aliphatic heterocycles. The molecule has 1 aromatic rings. The van der Waals surface area contributed by atoms with Crippen molar-refractivity contribution in [3.63, 3.8) is 0 Å². The Kier molecular flexibility index (Phi) is 15.9. The first-order valence-corrected chi connectivity index (χ1v) is 14.9. The van der Waals surface area contributed by atoms with Crippen molar-refractivity contribution in [1.82, 2.24) is 5.32 Å². The molecule has 0 saturated heterocycles. The average molecular weight is 594 g/mol. The van der Waals surface area contributed by atoms with Gasteiger partial charge in [-0.2, -0.15) is 0 Å². The van der Waals surface area contributed by atoms with Crippen molar-refractivity contribution in [3.8, 4) is 11.5 Å². The molecular weight excluding hydrogens is 538 g/mol. The van der Waals surface area contributed by atoms with Crippen LogP contribution in [0.15, 0.2) is 18.2 Å². The van der Waals surface area contributed by atoms with Gasteiger partial charge in [-0.15, -0.1) is 0 Å². The highest BCUT2D eigenvalue weighted by Crippen LogP contribution is 2.32. The molecule has 4 atom stereocenters. The number of hydrogen-bond donors (Lipinski definition) is 3. The summed E-state index contributed by atoms with van der Waals surface area (Å²) in [6.45, 7) is 14.1. The van der Waals surface area contributed by atoms with Crippen LogP contribution >= 0.6 is 0 Å². The summed E-state index contributed by atoms with van der Waals surface area (Å²) < 4.78 is 22.3. The Morgan fingerprint density at radius 3 is 2.17 bits per heavy atom. The Hall–Kier alpha value is -2.85. The van der Waals surface area contributed by atoms with Gasteiger partial charge in [-0.05, 0) is 68.6 Å². The van der Waals surface area contributed by atoms with Crippen molar-refractivity contribution in [1.29, 1.82) is 0 Å². The topological polar surface area (TPSA) is 152 Å². The van der Waals surface area contributed by atoms with Gasteiger partial charge in [0.05, 0.1) is 19.1 Å². The van der Waals surface area contributed by atoms with Crippen LogP contribution in [-0.4, -0.2) is 63.9 Å². The number of carbonyl (C=O) groups excluding carboxylic acids is 3. The number of carbonyl (C=O) groups is 3. The number of methoxy groups -OCH3 is 2. The van der Waals surface area contributed by atoms with Crippen molar-refractivity contribution in [2.45, 2.75) is 86.3 Å². The quantitative estimate of drug-likeness (QED) is 0.152. The maximum absolute atomic E-state index is 13.2. The van der Waals surface area contributed by atoms with Gasteiger partial charge in [0.2, 0.25) is 11.8 Å². The molecule has 0 spiro atoms. The molecule has 0 saturated carbocycles. The Labute approximate surface area is 252 Å². The molecule has 1 aromatic carbocycles. The first-order chi connectivity index (χ1) is 19.6. The van der Waals surface area contributed by atoms with Crippen LogP contribution in [0.5, 0.6) is 11.5 Å². The number of rotatable bonds is 20. The highest BCUT2D eigenvalue weighted by molar-refractivity contribution is 5.83. The summed E-state index contributed by atoms with van der Waals surface area (Å²) in [5.74, 6) is 0.139. The van der Waals surface area contributed by atoms with E-state index in [4.69, 9.17) is 30.4 Å². The minimum atomic E-state index is -0.885. The number of benzene rings is 1. The Morgan fingerprint density at radius 1 is 0.976 bits per heavy atom. The van der Waals surface area contributed by atoms with Gasteiger partial charge in [0, 0.05) is 45.6 Å². The van der Waals surface area contributed by atoms with E-state index in [1.54, 1.807) is 28.1 Å². The van der Waals surface area contributed by atoms with E-state index in [-0.39, 0.29) is 30.7 Å². The van der Waals surface area contributed by atoms with Gasteiger partial charge >= 0.3 is 5.97 Å². The maximum atomic E-state index is 13.2. The minimum Gasteiger partial charge on any atom is -0.493 e. The number of ether oxygens (including phenoxy) is 4. The molecule has 0 heterocycles. The third-order valence-electron chi connectivity index (χ3n) is 7.79. The maximum Gasteiger partial charge on any atom is 0.302 e. The van der Waals surface area contributed by atoms with Crippen molar-refractivity contribution in [2.24, 2.45) is 40.6 Å². The molecule has 0 aromatic heterocycles. The molecule has 10 heteroatoms. The summed E-state index contributed by atoms with van der Waals surface area (Å²) in [6.07, 6.45) is 1.72. The molecule has 1 rings (SSSR count). The molecule has 2 amide bonds. The fraction of sp³-hybridized carbons (Fsp3) is 0.719. The van der Waals surface area contributed by atoms with E-state index in [1.807, 2.05) is 32.0 Å². The van der Waals surface area contributed by atoms with Crippen LogP contribution < -0.4 is 26.3 Å². The number of nitrogens with one attached hydrogen (secondary N) is 1. The number of nitrogens with two attached hydrogens (primary N) is 2. The number of primary amides is 1. The standard InChI is InChI=1S/C32H55N3O7/c1-20(2)24(15-23-11-12-27(40-9)29(16-23)41-14-10-13-39-8)17-26(33)28(42-22(5)36)18-25(21(3)4)30(37)35-19-32(6,7)31(34)38/h11-12,16,20-21,24-26,28H,10,13-15,17-19,33H2,1-9H3,(H2,34,38)(H,35,37)/t24-,25+,26?,28-/m0/s1. The van der Waals surface area contributed by atoms with Gasteiger partial charge in [0.1, 0.15) is 6.10 Å². The van der Waals surface area contributed by atoms with Crippen LogP contribution in [0.25, 0.3) is 0 Å². The monoisotopic (exact) mass is 593 g/mol. The molecule has 0 aliphatic carbocycles. The molecule has 0 aliphatic rings. The molecular formula is C32H55N3O7. The lowest BCUT2D eigenvalue weighted by molar-refractivity contribution is -0.150. The molecule has 5 N–H and O–H groups in total. The van der Waals surface area contributed by atoms with Gasteiger partial charge in [-0.25, -0.2) is 0 Å². The molecule has 10 nitrogen and oxygen atoms in total. The SMILES string of the molecule is COCCCOc1cc(C[C@@H](CC(N)[C@H](C[C@@H](C(=O)NCC(C)(C)C(N)=O)C(C)C)OC(C)=O)C(C)C)ccc1OC. The first-order valence-electron chi connectivity index (χ1n) is 14.9. The van der Waals surface area contributed by atoms with Crippen LogP contribution in [-0.2, 0) is 30.3 Å². The normalized spacial score (nSPS) is 14.7. The molecule has 240 valence electrons. The summed E-state index contributed by atoms with van der Waals surface area (Å²) in [5, 5.41) is 2.86. The largest absolute Gasteiger partial charge is 0.493 e. The zero-order valence-electron chi connectivity index (χ0n) is 27.2. The van der Waals surface area contributed by atoms with Gasteiger partial charge in [-0.1, -0.05) is 33.8 Å². The van der Waals surface area contributed by atoms with E-state index in [1.165, 1.54) is 6.92 Å². The van der Waals surface area contributed by atoms with Gasteiger partial charge < -0.3 is 35.7 Å². The number of hydrogen-bond acceptors (Lipinski definition) is 8. The Bertz CT molecular complexity index is 996. The fourth-order valence-corrected chi connectivity index (χ4v) is 4.72. The fourth-order valence-electron chi connectivity index (χ4n) is 4.72. The smallest absolute Gasteiger partial charge is 0.302 e. The molecule has 1 unspecified atom stereocenters. The summed E-state index contributed by atoms with van der Waals surface area (Å²) in [7, 11) is 3.28. The Morgan fingerprint density at radius 2 is 1.64 bits per heavy atom. The molecule has 0 radical (unpaired) electrons. The van der Waals surface area contributed by atoms with Crippen LogP contribution in [0.4, 0.5) is 0 Å². The summed E-state index contributed by atoms with van der Waals surface area (Å²) in [6, 6.07) is 5.45. The number of esters is 1. The minimum absolute atomic E-state index is 0.0468. The molecule has 42 heavy (non-hydrogen) atoms. The predicted octanol–water partition coefficient (Wildman–Crippen LogP) is 3.86. The van der Waals surface area contributed by atoms with Crippen molar-refractivity contribution < 1.29 is 33.3 Å². The van der Waals surface area contributed by atoms with Crippen molar-refractivity contribution >= 4 is 17.8 Å². The summed E-state index contributed by atoms with van der Waals surface area (Å²) in [4.78, 5) is 37.0. The van der Waals surface area contributed by atoms with E-state index in [9.17, 15) is 14.4 Å². The summed E-state index contributed by atoms with van der Waals surface area (Å²) >= 11 is 0. The number of amides is 2. The second kappa shape index (κ2) is 18.0. The lowest BCUT2D eigenvalue weighted by atomic mass is 9.80. The second-order valence-corrected chi connectivity index (χ2v) is 12.5. The average Bonchev–Trinajstić information content (AvgIpc) is 2.91.